The maximum atomic E-state index is 12.1. The van der Waals surface area contributed by atoms with Gasteiger partial charge < -0.3 is 16.4 Å². The smallest absolute Gasteiger partial charge is 0.272 e. The molecule has 1 aromatic rings. The Labute approximate surface area is 118 Å². The number of aryl methyl sites for hydroxylation is 2. The van der Waals surface area contributed by atoms with Gasteiger partial charge in [0.25, 0.3) is 5.91 Å². The van der Waals surface area contributed by atoms with Crippen LogP contribution < -0.4 is 16.4 Å². The van der Waals surface area contributed by atoms with Crippen molar-refractivity contribution in [1.82, 2.24) is 20.4 Å². The summed E-state index contributed by atoms with van der Waals surface area (Å²) >= 11 is 0. The number of rotatable bonds is 4. The molecule has 0 spiro atoms. The van der Waals surface area contributed by atoms with E-state index >= 15 is 0 Å². The number of nitrogens with two attached hydrogens (primary N) is 1. The molecule has 1 aromatic heterocycles. The molecule has 2 amide bonds. The summed E-state index contributed by atoms with van der Waals surface area (Å²) in [7, 11) is 0. The van der Waals surface area contributed by atoms with Crippen LogP contribution in [0.1, 0.15) is 43.9 Å². The van der Waals surface area contributed by atoms with Crippen molar-refractivity contribution in [3.63, 3.8) is 0 Å². The van der Waals surface area contributed by atoms with E-state index in [2.05, 4.69) is 15.7 Å². The molecule has 1 heterocycles. The minimum absolute atomic E-state index is 0.0938. The molecule has 0 atom stereocenters. The second kappa shape index (κ2) is 5.94. The Bertz CT molecular complexity index is 514. The highest BCUT2D eigenvalue weighted by atomic mass is 16.2. The summed E-state index contributed by atoms with van der Waals surface area (Å²) < 4.78 is 1.53. The third kappa shape index (κ3) is 3.97. The highest BCUT2D eigenvalue weighted by Crippen LogP contribution is 2.15. The fraction of sp³-hybridized carbons (Fsp3) is 0.615. The van der Waals surface area contributed by atoms with Crippen LogP contribution in [0.25, 0.3) is 0 Å². The average molecular weight is 281 g/mol. The Morgan fingerprint density at radius 2 is 1.95 bits per heavy atom. The van der Waals surface area contributed by atoms with Crippen LogP contribution in [0.3, 0.4) is 0 Å². The number of amides is 2. The number of hydrogen-bond acceptors (Lipinski definition) is 4. The van der Waals surface area contributed by atoms with Crippen molar-refractivity contribution >= 4 is 17.5 Å². The molecule has 0 aliphatic heterocycles. The second-order valence-corrected chi connectivity index (χ2v) is 5.64. The molecule has 0 unspecified atom stereocenters. The molecule has 0 radical (unpaired) electrons. The molecule has 7 nitrogen and oxygen atoms in total. The number of hydrogen-bond donors (Lipinski definition) is 3. The highest BCUT2D eigenvalue weighted by molar-refractivity contribution is 5.99. The second-order valence-electron chi connectivity index (χ2n) is 5.64. The Kier molecular flexibility index (Phi) is 4.75. The Morgan fingerprint density at radius 1 is 1.35 bits per heavy atom. The van der Waals surface area contributed by atoms with Gasteiger partial charge in [0.2, 0.25) is 5.91 Å². The molecule has 20 heavy (non-hydrogen) atoms. The van der Waals surface area contributed by atoms with Gasteiger partial charge in [0, 0.05) is 12.1 Å². The third-order valence-corrected chi connectivity index (χ3v) is 2.61. The normalized spacial score (nSPS) is 11.2. The lowest BCUT2D eigenvalue weighted by atomic mass is 10.1. The fourth-order valence-corrected chi connectivity index (χ4v) is 1.77. The summed E-state index contributed by atoms with van der Waals surface area (Å²) in [5, 5.41) is 9.49. The molecule has 0 bridgehead atoms. The summed E-state index contributed by atoms with van der Waals surface area (Å²) in [5.74, 6) is -0.641. The molecule has 4 N–H and O–H groups in total. The maximum absolute atomic E-state index is 12.1. The summed E-state index contributed by atoms with van der Waals surface area (Å²) in [6.07, 6.45) is 0. The van der Waals surface area contributed by atoms with Crippen molar-refractivity contribution in [3.05, 3.63) is 11.4 Å². The van der Waals surface area contributed by atoms with E-state index in [9.17, 15) is 9.59 Å². The van der Waals surface area contributed by atoms with Gasteiger partial charge in [-0.3, -0.25) is 14.3 Å². The van der Waals surface area contributed by atoms with Crippen LogP contribution in [0.4, 0.5) is 5.69 Å². The van der Waals surface area contributed by atoms with Crippen LogP contribution in [0, 0.1) is 6.92 Å². The lowest BCUT2D eigenvalue weighted by molar-refractivity contribution is -0.121. The summed E-state index contributed by atoms with van der Waals surface area (Å²) in [6.45, 7) is 9.68. The van der Waals surface area contributed by atoms with Gasteiger partial charge in [-0.1, -0.05) is 0 Å². The lowest BCUT2D eigenvalue weighted by Gasteiger charge is -2.20. The zero-order valence-electron chi connectivity index (χ0n) is 12.7. The number of nitrogens with zero attached hydrogens (tertiary/aromatic N) is 2. The van der Waals surface area contributed by atoms with Crippen molar-refractivity contribution in [2.45, 2.75) is 46.7 Å². The van der Waals surface area contributed by atoms with Gasteiger partial charge >= 0.3 is 0 Å². The number of carbonyl (C=O) groups is 2. The molecular formula is C13H23N5O2. The maximum Gasteiger partial charge on any atom is 0.272 e. The van der Waals surface area contributed by atoms with E-state index in [0.717, 1.165) is 0 Å². The van der Waals surface area contributed by atoms with Crippen LogP contribution in [0.15, 0.2) is 0 Å². The molecule has 1 rings (SSSR count). The van der Waals surface area contributed by atoms with Gasteiger partial charge in [0.15, 0.2) is 0 Å². The van der Waals surface area contributed by atoms with Crippen molar-refractivity contribution in [2.75, 3.05) is 12.3 Å². The van der Waals surface area contributed by atoms with Crippen molar-refractivity contribution < 1.29 is 9.59 Å². The number of aromatic nitrogens is 2. The SMILES string of the molecule is CCn1nc(C)c(N)c1C(=O)NCC(=O)NC(C)(C)C. The summed E-state index contributed by atoms with van der Waals surface area (Å²) in [5.41, 5.74) is 6.77. The van der Waals surface area contributed by atoms with E-state index in [1.165, 1.54) is 4.68 Å². The fourth-order valence-electron chi connectivity index (χ4n) is 1.77. The molecular weight excluding hydrogens is 258 g/mol. The van der Waals surface area contributed by atoms with Crippen LogP contribution in [-0.2, 0) is 11.3 Å². The molecule has 0 aliphatic rings. The van der Waals surface area contributed by atoms with Crippen LogP contribution >= 0.6 is 0 Å². The minimum Gasteiger partial charge on any atom is -0.395 e. The predicted molar refractivity (Wildman–Crippen MR) is 77.3 cm³/mol. The topological polar surface area (TPSA) is 102 Å². The van der Waals surface area contributed by atoms with E-state index in [4.69, 9.17) is 5.73 Å². The van der Waals surface area contributed by atoms with Gasteiger partial charge in [0.1, 0.15) is 5.69 Å². The zero-order valence-corrected chi connectivity index (χ0v) is 12.7. The van der Waals surface area contributed by atoms with Crippen molar-refractivity contribution in [3.8, 4) is 0 Å². The lowest BCUT2D eigenvalue weighted by Crippen LogP contribution is -2.46. The molecule has 0 saturated heterocycles. The first kappa shape index (κ1) is 16.0. The van der Waals surface area contributed by atoms with E-state index in [1.54, 1.807) is 6.92 Å². The first-order chi connectivity index (χ1) is 9.15. The average Bonchev–Trinajstić information content (AvgIpc) is 2.60. The monoisotopic (exact) mass is 281 g/mol. The van der Waals surface area contributed by atoms with E-state index in [-0.39, 0.29) is 18.0 Å². The summed E-state index contributed by atoms with van der Waals surface area (Å²) in [6, 6.07) is 0. The Balaban J connectivity index is 2.71. The highest BCUT2D eigenvalue weighted by Gasteiger charge is 2.20. The number of anilines is 1. The molecule has 0 saturated carbocycles. The van der Waals surface area contributed by atoms with Gasteiger partial charge in [-0.05, 0) is 34.6 Å². The summed E-state index contributed by atoms with van der Waals surface area (Å²) in [4.78, 5) is 23.8. The third-order valence-electron chi connectivity index (χ3n) is 2.61. The quantitative estimate of drug-likeness (QED) is 0.745. The zero-order chi connectivity index (χ0) is 15.5. The van der Waals surface area contributed by atoms with Crippen LogP contribution in [0.5, 0.6) is 0 Å². The van der Waals surface area contributed by atoms with Gasteiger partial charge in [-0.2, -0.15) is 5.10 Å². The standard InChI is InChI=1S/C13H23N5O2/c1-6-18-11(10(14)8(2)17-18)12(20)15-7-9(19)16-13(3,4)5/h6-7,14H2,1-5H3,(H,15,20)(H,16,19). The number of nitrogen functional groups attached to an aromatic ring is 1. The number of nitrogens with one attached hydrogen (secondary N) is 2. The molecule has 0 fully saturated rings. The number of carbonyl (C=O) groups excluding carboxylic acids is 2. The first-order valence-corrected chi connectivity index (χ1v) is 6.57. The van der Waals surface area contributed by atoms with E-state index in [1.807, 2.05) is 27.7 Å². The van der Waals surface area contributed by atoms with E-state index in [0.29, 0.717) is 23.6 Å². The van der Waals surface area contributed by atoms with Crippen molar-refractivity contribution in [2.24, 2.45) is 0 Å². The van der Waals surface area contributed by atoms with Crippen molar-refractivity contribution in [1.29, 1.82) is 0 Å². The van der Waals surface area contributed by atoms with Crippen LogP contribution in [0.2, 0.25) is 0 Å². The Morgan fingerprint density at radius 3 is 2.45 bits per heavy atom. The van der Waals surface area contributed by atoms with Gasteiger partial charge in [0.05, 0.1) is 17.9 Å². The molecule has 0 aliphatic carbocycles. The Hall–Kier alpha value is -2.05. The molecule has 112 valence electrons. The van der Waals surface area contributed by atoms with Crippen LogP contribution in [-0.4, -0.2) is 33.7 Å². The molecule has 0 aromatic carbocycles. The van der Waals surface area contributed by atoms with E-state index < -0.39 is 5.91 Å². The van der Waals surface area contributed by atoms with Gasteiger partial charge in [-0.25, -0.2) is 0 Å². The predicted octanol–water partition coefficient (Wildman–Crippen LogP) is 0.438. The first-order valence-electron chi connectivity index (χ1n) is 6.57. The van der Waals surface area contributed by atoms with Gasteiger partial charge in [-0.15, -0.1) is 0 Å². The largest absolute Gasteiger partial charge is 0.395 e. The minimum atomic E-state index is -0.394. The molecule has 7 heteroatoms.